The lowest BCUT2D eigenvalue weighted by molar-refractivity contribution is 0.0717. The highest BCUT2D eigenvalue weighted by atomic mass is 16.5. The van der Waals surface area contributed by atoms with Crippen LogP contribution in [0.1, 0.15) is 24.4 Å². The molecule has 130 valence electrons. The third kappa shape index (κ3) is 4.01. The number of hydrogen-bond donors (Lipinski definition) is 0. The number of aryl methyl sites for hydroxylation is 1. The van der Waals surface area contributed by atoms with Crippen molar-refractivity contribution in [2.75, 3.05) is 46.4 Å². The van der Waals surface area contributed by atoms with Crippen molar-refractivity contribution in [2.45, 2.75) is 19.9 Å². The van der Waals surface area contributed by atoms with E-state index in [4.69, 9.17) is 9.15 Å². The Bertz CT molecular complexity index is 633. The predicted octanol–water partition coefficient (Wildman–Crippen LogP) is 2.37. The van der Waals surface area contributed by atoms with Crippen LogP contribution in [0.4, 0.5) is 0 Å². The molecule has 6 nitrogen and oxygen atoms in total. The fourth-order valence-corrected chi connectivity index (χ4v) is 2.97. The molecule has 0 amide bonds. The Balaban J connectivity index is 1.60. The number of ether oxygens (including phenoxy) is 1. The van der Waals surface area contributed by atoms with Gasteiger partial charge in [0.2, 0.25) is 11.8 Å². The van der Waals surface area contributed by atoms with E-state index in [9.17, 15) is 0 Å². The molecule has 0 radical (unpaired) electrons. The van der Waals surface area contributed by atoms with Gasteiger partial charge in [0, 0.05) is 45.4 Å². The Morgan fingerprint density at radius 2 is 1.83 bits per heavy atom. The van der Waals surface area contributed by atoms with Crippen molar-refractivity contribution in [1.29, 1.82) is 0 Å². The number of nitrogens with zero attached hydrogens (tertiary/aromatic N) is 4. The van der Waals surface area contributed by atoms with E-state index in [2.05, 4.69) is 46.0 Å². The number of rotatable bonds is 6. The monoisotopic (exact) mass is 330 g/mol. The average Bonchev–Trinajstić information content (AvgIpc) is 3.10. The Morgan fingerprint density at radius 1 is 1.12 bits per heavy atom. The van der Waals surface area contributed by atoms with Crippen LogP contribution in [0, 0.1) is 6.92 Å². The van der Waals surface area contributed by atoms with Crippen LogP contribution < -0.4 is 0 Å². The first-order valence-corrected chi connectivity index (χ1v) is 8.53. The zero-order valence-electron chi connectivity index (χ0n) is 14.7. The summed E-state index contributed by atoms with van der Waals surface area (Å²) in [6.07, 6.45) is 0. The first-order chi connectivity index (χ1) is 11.7. The Kier molecular flexibility index (Phi) is 5.60. The van der Waals surface area contributed by atoms with Crippen LogP contribution in [0.3, 0.4) is 0 Å². The van der Waals surface area contributed by atoms with E-state index < -0.39 is 0 Å². The fraction of sp³-hybridized carbons (Fsp3) is 0.556. The van der Waals surface area contributed by atoms with Gasteiger partial charge in [-0.2, -0.15) is 0 Å². The van der Waals surface area contributed by atoms with Crippen LogP contribution in [0.25, 0.3) is 11.5 Å². The van der Waals surface area contributed by atoms with Crippen molar-refractivity contribution in [1.82, 2.24) is 20.0 Å². The molecule has 0 aliphatic carbocycles. The van der Waals surface area contributed by atoms with Crippen LogP contribution in [-0.4, -0.2) is 66.4 Å². The predicted molar refractivity (Wildman–Crippen MR) is 92.8 cm³/mol. The third-order valence-corrected chi connectivity index (χ3v) is 4.66. The van der Waals surface area contributed by atoms with E-state index in [0.717, 1.165) is 44.9 Å². The summed E-state index contributed by atoms with van der Waals surface area (Å²) >= 11 is 0. The first kappa shape index (κ1) is 17.1. The maximum absolute atomic E-state index is 5.92. The van der Waals surface area contributed by atoms with Crippen molar-refractivity contribution in [3.8, 4) is 11.5 Å². The molecule has 0 saturated carbocycles. The Morgan fingerprint density at radius 3 is 2.50 bits per heavy atom. The van der Waals surface area contributed by atoms with Crippen LogP contribution >= 0.6 is 0 Å². The molecule has 3 rings (SSSR count). The minimum absolute atomic E-state index is 0.140. The number of aromatic nitrogens is 2. The lowest BCUT2D eigenvalue weighted by atomic mass is 10.1. The van der Waals surface area contributed by atoms with Crippen LogP contribution in [-0.2, 0) is 4.74 Å². The van der Waals surface area contributed by atoms with Gasteiger partial charge in [0.1, 0.15) is 0 Å². The number of benzene rings is 1. The van der Waals surface area contributed by atoms with Crippen molar-refractivity contribution >= 4 is 0 Å². The molecule has 1 atom stereocenters. The molecule has 1 aromatic carbocycles. The van der Waals surface area contributed by atoms with Gasteiger partial charge in [-0.05, 0) is 26.0 Å². The van der Waals surface area contributed by atoms with E-state index in [1.54, 1.807) is 7.11 Å². The van der Waals surface area contributed by atoms with Crippen molar-refractivity contribution in [3.63, 3.8) is 0 Å². The summed E-state index contributed by atoms with van der Waals surface area (Å²) in [5.41, 5.74) is 2.19. The van der Waals surface area contributed by atoms with E-state index in [-0.39, 0.29) is 6.04 Å². The highest BCUT2D eigenvalue weighted by Gasteiger charge is 2.25. The maximum atomic E-state index is 5.92. The summed E-state index contributed by atoms with van der Waals surface area (Å²) in [5, 5.41) is 8.48. The Hall–Kier alpha value is -1.76. The van der Waals surface area contributed by atoms with Crippen molar-refractivity contribution in [3.05, 3.63) is 35.7 Å². The number of methoxy groups -OCH3 is 1. The molecule has 1 aromatic heterocycles. The van der Waals surface area contributed by atoms with Gasteiger partial charge in [0.15, 0.2) is 0 Å². The lowest BCUT2D eigenvalue weighted by Gasteiger charge is -2.36. The van der Waals surface area contributed by atoms with Gasteiger partial charge in [0.25, 0.3) is 0 Å². The second-order valence-electron chi connectivity index (χ2n) is 6.36. The van der Waals surface area contributed by atoms with Crippen LogP contribution in [0.2, 0.25) is 0 Å². The molecule has 0 unspecified atom stereocenters. The van der Waals surface area contributed by atoms with Gasteiger partial charge in [-0.3, -0.25) is 9.80 Å². The summed E-state index contributed by atoms with van der Waals surface area (Å²) in [6.45, 7) is 10.1. The molecular formula is C18H26N4O2. The van der Waals surface area contributed by atoms with E-state index in [1.165, 1.54) is 5.56 Å². The summed E-state index contributed by atoms with van der Waals surface area (Å²) in [5.74, 6) is 1.28. The summed E-state index contributed by atoms with van der Waals surface area (Å²) < 4.78 is 11.1. The molecule has 1 aliphatic rings. The van der Waals surface area contributed by atoms with E-state index in [0.29, 0.717) is 11.8 Å². The van der Waals surface area contributed by atoms with Crippen molar-refractivity contribution < 1.29 is 9.15 Å². The second kappa shape index (κ2) is 7.88. The van der Waals surface area contributed by atoms with Crippen LogP contribution in [0.5, 0.6) is 0 Å². The lowest BCUT2D eigenvalue weighted by Crippen LogP contribution is -2.47. The highest BCUT2D eigenvalue weighted by Crippen LogP contribution is 2.24. The zero-order valence-corrected chi connectivity index (χ0v) is 14.7. The molecule has 1 aliphatic heterocycles. The molecule has 1 fully saturated rings. The SMILES string of the molecule is COCCN1CCN([C@@H](C)c2nnc(-c3ccc(C)cc3)o2)CC1. The molecule has 0 bridgehead atoms. The fourth-order valence-electron chi connectivity index (χ4n) is 2.97. The topological polar surface area (TPSA) is 54.6 Å². The molecule has 1 saturated heterocycles. The highest BCUT2D eigenvalue weighted by molar-refractivity contribution is 5.52. The molecule has 6 heteroatoms. The zero-order chi connectivity index (χ0) is 16.9. The summed E-state index contributed by atoms with van der Waals surface area (Å²) in [6, 6.07) is 8.29. The summed E-state index contributed by atoms with van der Waals surface area (Å²) in [7, 11) is 1.75. The molecule has 2 heterocycles. The Labute approximate surface area is 143 Å². The van der Waals surface area contributed by atoms with Gasteiger partial charge in [0.05, 0.1) is 12.6 Å². The largest absolute Gasteiger partial charge is 0.419 e. The first-order valence-electron chi connectivity index (χ1n) is 8.53. The number of hydrogen-bond acceptors (Lipinski definition) is 6. The maximum Gasteiger partial charge on any atom is 0.247 e. The normalized spacial score (nSPS) is 18.0. The third-order valence-electron chi connectivity index (χ3n) is 4.66. The standard InChI is InChI=1S/C18H26N4O2/c1-14-4-6-16(7-5-14)18-20-19-17(24-18)15(2)22-10-8-21(9-11-22)12-13-23-3/h4-7,15H,8-13H2,1-3H3/t15-/m0/s1. The van der Waals surface area contributed by atoms with Crippen molar-refractivity contribution in [2.24, 2.45) is 0 Å². The van der Waals surface area contributed by atoms with Gasteiger partial charge in [-0.1, -0.05) is 17.7 Å². The van der Waals surface area contributed by atoms with Gasteiger partial charge in [-0.25, -0.2) is 0 Å². The number of piperazine rings is 1. The molecule has 0 N–H and O–H groups in total. The molecular weight excluding hydrogens is 304 g/mol. The quantitative estimate of drug-likeness (QED) is 0.810. The molecule has 2 aromatic rings. The minimum atomic E-state index is 0.140. The minimum Gasteiger partial charge on any atom is -0.419 e. The van der Waals surface area contributed by atoms with E-state index in [1.807, 2.05) is 12.1 Å². The van der Waals surface area contributed by atoms with E-state index >= 15 is 0 Å². The second-order valence-corrected chi connectivity index (χ2v) is 6.36. The summed E-state index contributed by atoms with van der Waals surface area (Å²) in [4.78, 5) is 4.83. The smallest absolute Gasteiger partial charge is 0.247 e. The molecule has 24 heavy (non-hydrogen) atoms. The van der Waals surface area contributed by atoms with Gasteiger partial charge in [-0.15, -0.1) is 10.2 Å². The average molecular weight is 330 g/mol. The molecule has 0 spiro atoms. The van der Waals surface area contributed by atoms with Crippen LogP contribution in [0.15, 0.2) is 28.7 Å². The van der Waals surface area contributed by atoms with Gasteiger partial charge >= 0.3 is 0 Å². The van der Waals surface area contributed by atoms with Gasteiger partial charge < -0.3 is 9.15 Å².